The lowest BCUT2D eigenvalue weighted by molar-refractivity contribution is -0.150. The van der Waals surface area contributed by atoms with Gasteiger partial charge in [-0.3, -0.25) is 4.79 Å². The second-order valence-corrected chi connectivity index (χ2v) is 4.84. The number of esters is 1. The molecule has 0 bridgehead atoms. The number of carbonyl (C=O) groups excluding carboxylic acids is 1. The lowest BCUT2D eigenvalue weighted by Crippen LogP contribution is -2.20. The third kappa shape index (κ3) is 7.40. The largest absolute Gasteiger partial charge is 0.462 e. The van der Waals surface area contributed by atoms with Crippen LogP contribution in [-0.2, 0) is 9.53 Å². The van der Waals surface area contributed by atoms with Gasteiger partial charge in [0, 0.05) is 6.42 Å². The van der Waals surface area contributed by atoms with Gasteiger partial charge in [-0.05, 0) is 25.2 Å². The molecule has 0 N–H and O–H groups in total. The molecular weight excluding hydrogens is 188 g/mol. The monoisotopic (exact) mass is 214 g/mol. The van der Waals surface area contributed by atoms with Crippen molar-refractivity contribution >= 4 is 5.97 Å². The van der Waals surface area contributed by atoms with Gasteiger partial charge in [0.1, 0.15) is 6.10 Å². The van der Waals surface area contributed by atoms with E-state index in [1.807, 2.05) is 6.92 Å². The summed E-state index contributed by atoms with van der Waals surface area (Å²) in [7, 11) is 0. The molecule has 0 aliphatic heterocycles. The highest BCUT2D eigenvalue weighted by Gasteiger charge is 2.12. The fraction of sp³-hybridized carbons (Fsp3) is 0.923. The summed E-state index contributed by atoms with van der Waals surface area (Å²) in [6.07, 6.45) is 3.89. The highest BCUT2D eigenvalue weighted by molar-refractivity contribution is 5.69. The molecule has 2 nitrogen and oxygen atoms in total. The van der Waals surface area contributed by atoms with Crippen molar-refractivity contribution in [1.29, 1.82) is 0 Å². The third-order valence-corrected chi connectivity index (χ3v) is 3.03. The van der Waals surface area contributed by atoms with E-state index in [0.717, 1.165) is 18.8 Å². The van der Waals surface area contributed by atoms with Crippen molar-refractivity contribution in [2.24, 2.45) is 11.8 Å². The van der Waals surface area contributed by atoms with E-state index in [1.165, 1.54) is 6.42 Å². The zero-order valence-electron chi connectivity index (χ0n) is 10.9. The highest BCUT2D eigenvalue weighted by atomic mass is 16.5. The van der Waals surface area contributed by atoms with E-state index < -0.39 is 0 Å². The van der Waals surface area contributed by atoms with Crippen LogP contribution in [0, 0.1) is 11.8 Å². The van der Waals surface area contributed by atoms with E-state index in [1.54, 1.807) is 0 Å². The van der Waals surface area contributed by atoms with E-state index in [0.29, 0.717) is 12.3 Å². The normalized spacial score (nSPS) is 15.1. The number of hydrogen-bond donors (Lipinski definition) is 0. The van der Waals surface area contributed by atoms with Crippen LogP contribution in [0.15, 0.2) is 0 Å². The average Bonchev–Trinajstić information content (AvgIpc) is 2.17. The maximum atomic E-state index is 11.4. The van der Waals surface area contributed by atoms with Crippen molar-refractivity contribution in [2.45, 2.75) is 66.4 Å². The maximum Gasteiger partial charge on any atom is 0.306 e. The van der Waals surface area contributed by atoms with E-state index in [-0.39, 0.29) is 12.1 Å². The Morgan fingerprint density at radius 2 is 1.80 bits per heavy atom. The minimum atomic E-state index is -0.0421. The summed E-state index contributed by atoms with van der Waals surface area (Å²) >= 11 is 0. The van der Waals surface area contributed by atoms with E-state index in [4.69, 9.17) is 4.74 Å². The molecule has 0 aliphatic carbocycles. The first-order chi connectivity index (χ1) is 6.97. The quantitative estimate of drug-likeness (QED) is 0.603. The van der Waals surface area contributed by atoms with E-state index in [2.05, 4.69) is 27.7 Å². The van der Waals surface area contributed by atoms with Gasteiger partial charge in [0.25, 0.3) is 0 Å². The molecule has 0 saturated heterocycles. The molecule has 2 unspecified atom stereocenters. The van der Waals surface area contributed by atoms with Crippen LogP contribution in [0.25, 0.3) is 0 Å². The molecule has 15 heavy (non-hydrogen) atoms. The lowest BCUT2D eigenvalue weighted by Gasteiger charge is -2.16. The number of rotatable bonds is 7. The SMILES string of the molecule is CCC(C)CCCC(=O)OC(C)C(C)C. The molecule has 2 atom stereocenters. The lowest BCUT2D eigenvalue weighted by atomic mass is 10.0. The molecule has 0 saturated carbocycles. The molecule has 0 spiro atoms. The Morgan fingerprint density at radius 3 is 2.27 bits per heavy atom. The van der Waals surface area contributed by atoms with Crippen LogP contribution < -0.4 is 0 Å². The summed E-state index contributed by atoms with van der Waals surface area (Å²) in [6.45, 7) is 10.5. The molecule has 0 heterocycles. The second kappa shape index (κ2) is 7.72. The molecular formula is C13H26O2. The Labute approximate surface area is 94.4 Å². The Morgan fingerprint density at radius 1 is 1.20 bits per heavy atom. The zero-order valence-corrected chi connectivity index (χ0v) is 10.9. The average molecular weight is 214 g/mol. The van der Waals surface area contributed by atoms with Crippen LogP contribution in [0.1, 0.15) is 60.3 Å². The summed E-state index contributed by atoms with van der Waals surface area (Å²) in [5.74, 6) is 1.09. The topological polar surface area (TPSA) is 26.3 Å². The van der Waals surface area contributed by atoms with Crippen molar-refractivity contribution in [3.8, 4) is 0 Å². The molecule has 0 amide bonds. The first-order valence-corrected chi connectivity index (χ1v) is 6.16. The standard InChI is InChI=1S/C13H26O2/c1-6-11(4)8-7-9-13(14)15-12(5)10(2)3/h10-12H,6-9H2,1-5H3. The molecule has 2 heteroatoms. The summed E-state index contributed by atoms with van der Waals surface area (Å²) in [5.41, 5.74) is 0. The molecule has 0 rings (SSSR count). The summed E-state index contributed by atoms with van der Waals surface area (Å²) in [5, 5.41) is 0. The van der Waals surface area contributed by atoms with Gasteiger partial charge in [-0.15, -0.1) is 0 Å². The molecule has 0 aromatic heterocycles. The van der Waals surface area contributed by atoms with Gasteiger partial charge < -0.3 is 4.74 Å². The number of ether oxygens (including phenoxy) is 1. The van der Waals surface area contributed by atoms with E-state index in [9.17, 15) is 4.79 Å². The van der Waals surface area contributed by atoms with Crippen molar-refractivity contribution in [3.05, 3.63) is 0 Å². The van der Waals surface area contributed by atoms with Gasteiger partial charge in [0.15, 0.2) is 0 Å². The van der Waals surface area contributed by atoms with Gasteiger partial charge in [0.2, 0.25) is 0 Å². The van der Waals surface area contributed by atoms with Crippen LogP contribution >= 0.6 is 0 Å². The van der Waals surface area contributed by atoms with Gasteiger partial charge >= 0.3 is 5.97 Å². The second-order valence-electron chi connectivity index (χ2n) is 4.84. The van der Waals surface area contributed by atoms with Crippen molar-refractivity contribution in [3.63, 3.8) is 0 Å². The fourth-order valence-corrected chi connectivity index (χ4v) is 1.20. The third-order valence-electron chi connectivity index (χ3n) is 3.03. The van der Waals surface area contributed by atoms with Gasteiger partial charge in [0.05, 0.1) is 0 Å². The Hall–Kier alpha value is -0.530. The molecule has 0 aliphatic rings. The first kappa shape index (κ1) is 14.5. The predicted octanol–water partition coefficient (Wildman–Crippen LogP) is 3.79. The van der Waals surface area contributed by atoms with E-state index >= 15 is 0 Å². The minimum Gasteiger partial charge on any atom is -0.462 e. The number of carbonyl (C=O) groups is 1. The summed E-state index contributed by atoms with van der Waals surface area (Å²) in [6, 6.07) is 0. The molecule has 0 aromatic carbocycles. The molecule has 0 radical (unpaired) electrons. The van der Waals surface area contributed by atoms with Crippen molar-refractivity contribution < 1.29 is 9.53 Å². The smallest absolute Gasteiger partial charge is 0.306 e. The maximum absolute atomic E-state index is 11.4. The summed E-state index contributed by atoms with van der Waals surface area (Å²) in [4.78, 5) is 11.4. The van der Waals surface area contributed by atoms with Crippen LogP contribution in [0.2, 0.25) is 0 Å². The predicted molar refractivity (Wildman–Crippen MR) is 63.7 cm³/mol. The fourth-order valence-electron chi connectivity index (χ4n) is 1.20. The van der Waals surface area contributed by atoms with Crippen LogP contribution in [0.5, 0.6) is 0 Å². The Balaban J connectivity index is 3.58. The molecule has 90 valence electrons. The van der Waals surface area contributed by atoms with Crippen molar-refractivity contribution in [2.75, 3.05) is 0 Å². The van der Waals surface area contributed by atoms with Crippen LogP contribution in [0.3, 0.4) is 0 Å². The van der Waals surface area contributed by atoms with Gasteiger partial charge in [-0.25, -0.2) is 0 Å². The molecule has 0 aromatic rings. The minimum absolute atomic E-state index is 0.0421. The van der Waals surface area contributed by atoms with Gasteiger partial charge in [-0.2, -0.15) is 0 Å². The highest BCUT2D eigenvalue weighted by Crippen LogP contribution is 2.13. The molecule has 0 fully saturated rings. The number of hydrogen-bond acceptors (Lipinski definition) is 2. The van der Waals surface area contributed by atoms with Crippen LogP contribution in [0.4, 0.5) is 0 Å². The first-order valence-electron chi connectivity index (χ1n) is 6.16. The zero-order chi connectivity index (χ0) is 11.8. The Bertz CT molecular complexity index is 175. The van der Waals surface area contributed by atoms with Crippen molar-refractivity contribution in [1.82, 2.24) is 0 Å². The van der Waals surface area contributed by atoms with Crippen LogP contribution in [-0.4, -0.2) is 12.1 Å². The Kier molecular flexibility index (Phi) is 7.45. The summed E-state index contributed by atoms with van der Waals surface area (Å²) < 4.78 is 5.29. The van der Waals surface area contributed by atoms with Gasteiger partial charge in [-0.1, -0.05) is 40.5 Å².